The summed E-state index contributed by atoms with van der Waals surface area (Å²) in [5, 5.41) is 1.07. The lowest BCUT2D eigenvalue weighted by atomic mass is 10.2. The van der Waals surface area contributed by atoms with Crippen LogP contribution in [0.2, 0.25) is 10.0 Å². The molecule has 1 aliphatic rings. The summed E-state index contributed by atoms with van der Waals surface area (Å²) in [5.74, 6) is 0.753. The Labute approximate surface area is 124 Å². The van der Waals surface area contributed by atoms with Crippen LogP contribution in [0.4, 0.5) is 0 Å². The lowest BCUT2D eigenvalue weighted by molar-refractivity contribution is -0.0699. The van der Waals surface area contributed by atoms with Crippen molar-refractivity contribution >= 4 is 23.2 Å². The third-order valence-electron chi connectivity index (χ3n) is 3.06. The van der Waals surface area contributed by atoms with E-state index in [2.05, 4.69) is 18.7 Å². The standard InChI is InChI=1S/C14H19Cl2NO2/c1-10-8-17(9-11(2)19-10)5-6-18-12-3-4-13(15)14(16)7-12/h3-4,7,10-11H,5-6,8-9H2,1-2H3/t10-,11-/m0/s1. The Kier molecular flexibility index (Phi) is 5.34. The maximum atomic E-state index is 5.94. The van der Waals surface area contributed by atoms with E-state index < -0.39 is 0 Å². The van der Waals surface area contributed by atoms with E-state index in [9.17, 15) is 0 Å². The molecule has 0 spiro atoms. The number of rotatable bonds is 4. The second-order valence-electron chi connectivity index (χ2n) is 4.94. The van der Waals surface area contributed by atoms with E-state index in [4.69, 9.17) is 32.7 Å². The number of nitrogens with zero attached hydrogens (tertiary/aromatic N) is 1. The minimum Gasteiger partial charge on any atom is -0.492 e. The molecule has 0 N–H and O–H groups in total. The van der Waals surface area contributed by atoms with Gasteiger partial charge in [-0.15, -0.1) is 0 Å². The number of hydrogen-bond donors (Lipinski definition) is 0. The second kappa shape index (κ2) is 6.80. The van der Waals surface area contributed by atoms with Gasteiger partial charge in [-0.2, -0.15) is 0 Å². The minimum absolute atomic E-state index is 0.286. The summed E-state index contributed by atoms with van der Waals surface area (Å²) in [6, 6.07) is 5.32. The molecular formula is C14H19Cl2NO2. The van der Waals surface area contributed by atoms with Crippen LogP contribution in [0.1, 0.15) is 13.8 Å². The molecule has 0 saturated carbocycles. The minimum atomic E-state index is 0.286. The molecule has 1 aliphatic heterocycles. The van der Waals surface area contributed by atoms with Crippen LogP contribution in [0.5, 0.6) is 5.75 Å². The van der Waals surface area contributed by atoms with Crippen molar-refractivity contribution in [3.63, 3.8) is 0 Å². The first-order chi connectivity index (χ1) is 9.04. The molecule has 0 unspecified atom stereocenters. The van der Waals surface area contributed by atoms with Gasteiger partial charge in [-0.1, -0.05) is 23.2 Å². The number of morpholine rings is 1. The van der Waals surface area contributed by atoms with Crippen molar-refractivity contribution in [2.75, 3.05) is 26.2 Å². The quantitative estimate of drug-likeness (QED) is 0.850. The van der Waals surface area contributed by atoms with Gasteiger partial charge >= 0.3 is 0 Å². The van der Waals surface area contributed by atoms with Gasteiger partial charge in [-0.05, 0) is 26.0 Å². The third kappa shape index (κ3) is 4.53. The predicted molar refractivity (Wildman–Crippen MR) is 78.4 cm³/mol. The van der Waals surface area contributed by atoms with Gasteiger partial charge in [-0.25, -0.2) is 0 Å². The molecule has 2 atom stereocenters. The Morgan fingerprint density at radius 1 is 1.21 bits per heavy atom. The summed E-state index contributed by atoms with van der Waals surface area (Å²) in [4.78, 5) is 2.36. The average molecular weight is 304 g/mol. The third-order valence-corrected chi connectivity index (χ3v) is 3.80. The number of halogens is 2. The molecule has 1 aromatic rings. The summed E-state index contributed by atoms with van der Waals surface area (Å²) in [7, 11) is 0. The van der Waals surface area contributed by atoms with Crippen LogP contribution in [-0.2, 0) is 4.74 Å². The van der Waals surface area contributed by atoms with Crippen molar-refractivity contribution < 1.29 is 9.47 Å². The molecule has 1 heterocycles. The monoisotopic (exact) mass is 303 g/mol. The highest BCUT2D eigenvalue weighted by atomic mass is 35.5. The number of hydrogen-bond acceptors (Lipinski definition) is 3. The zero-order valence-electron chi connectivity index (χ0n) is 11.2. The second-order valence-corrected chi connectivity index (χ2v) is 5.76. The van der Waals surface area contributed by atoms with Crippen LogP contribution < -0.4 is 4.74 Å². The Morgan fingerprint density at radius 3 is 2.53 bits per heavy atom. The molecule has 5 heteroatoms. The van der Waals surface area contributed by atoms with Gasteiger partial charge in [-0.3, -0.25) is 4.90 Å². The molecule has 0 amide bonds. The van der Waals surface area contributed by atoms with Crippen LogP contribution in [0, 0.1) is 0 Å². The largest absolute Gasteiger partial charge is 0.492 e. The molecule has 3 nitrogen and oxygen atoms in total. The molecule has 0 bridgehead atoms. The maximum absolute atomic E-state index is 5.94. The molecule has 0 radical (unpaired) electrons. The van der Waals surface area contributed by atoms with Gasteiger partial charge in [0.25, 0.3) is 0 Å². The molecule has 19 heavy (non-hydrogen) atoms. The van der Waals surface area contributed by atoms with Crippen molar-refractivity contribution in [2.45, 2.75) is 26.1 Å². The first-order valence-electron chi connectivity index (χ1n) is 6.50. The Hall–Kier alpha value is -0.480. The first-order valence-corrected chi connectivity index (χ1v) is 7.26. The SMILES string of the molecule is C[C@H]1CN(CCOc2ccc(Cl)c(Cl)c2)C[C@H](C)O1. The summed E-state index contributed by atoms with van der Waals surface area (Å²) in [6.45, 7) is 7.63. The average Bonchev–Trinajstić information content (AvgIpc) is 2.32. The molecule has 1 fully saturated rings. The van der Waals surface area contributed by atoms with Crippen molar-refractivity contribution in [2.24, 2.45) is 0 Å². The fraction of sp³-hybridized carbons (Fsp3) is 0.571. The smallest absolute Gasteiger partial charge is 0.120 e. The van der Waals surface area contributed by atoms with E-state index in [-0.39, 0.29) is 12.2 Å². The lowest BCUT2D eigenvalue weighted by Gasteiger charge is -2.35. The van der Waals surface area contributed by atoms with E-state index in [0.717, 1.165) is 25.4 Å². The van der Waals surface area contributed by atoms with E-state index >= 15 is 0 Å². The Balaban J connectivity index is 1.78. The highest BCUT2D eigenvalue weighted by molar-refractivity contribution is 6.42. The van der Waals surface area contributed by atoms with E-state index in [1.165, 1.54) is 0 Å². The molecule has 106 valence electrons. The fourth-order valence-corrected chi connectivity index (χ4v) is 2.61. The number of benzene rings is 1. The normalized spacial score (nSPS) is 24.4. The van der Waals surface area contributed by atoms with Crippen LogP contribution in [-0.4, -0.2) is 43.3 Å². The highest BCUT2D eigenvalue weighted by Gasteiger charge is 2.21. The lowest BCUT2D eigenvalue weighted by Crippen LogP contribution is -2.46. The van der Waals surface area contributed by atoms with E-state index in [0.29, 0.717) is 16.7 Å². The highest BCUT2D eigenvalue weighted by Crippen LogP contribution is 2.26. The van der Waals surface area contributed by atoms with Crippen molar-refractivity contribution in [3.05, 3.63) is 28.2 Å². The van der Waals surface area contributed by atoms with Crippen molar-refractivity contribution in [1.82, 2.24) is 4.90 Å². The fourth-order valence-electron chi connectivity index (χ4n) is 2.33. The van der Waals surface area contributed by atoms with Gasteiger partial charge in [0, 0.05) is 25.7 Å². The molecule has 2 rings (SSSR count). The maximum Gasteiger partial charge on any atom is 0.120 e. The molecule has 0 aliphatic carbocycles. The Bertz CT molecular complexity index is 418. The Morgan fingerprint density at radius 2 is 1.89 bits per heavy atom. The summed E-state index contributed by atoms with van der Waals surface area (Å²) in [5.41, 5.74) is 0. The molecule has 1 saturated heterocycles. The topological polar surface area (TPSA) is 21.7 Å². The van der Waals surface area contributed by atoms with Gasteiger partial charge in [0.2, 0.25) is 0 Å². The molecule has 0 aromatic heterocycles. The van der Waals surface area contributed by atoms with Gasteiger partial charge in [0.1, 0.15) is 12.4 Å². The van der Waals surface area contributed by atoms with Crippen LogP contribution >= 0.6 is 23.2 Å². The van der Waals surface area contributed by atoms with Gasteiger partial charge < -0.3 is 9.47 Å². The van der Waals surface area contributed by atoms with Crippen LogP contribution in [0.25, 0.3) is 0 Å². The van der Waals surface area contributed by atoms with Gasteiger partial charge in [0.05, 0.1) is 22.3 Å². The zero-order chi connectivity index (χ0) is 13.8. The molecule has 1 aromatic carbocycles. The van der Waals surface area contributed by atoms with Crippen molar-refractivity contribution in [3.8, 4) is 5.75 Å². The van der Waals surface area contributed by atoms with E-state index in [1.807, 2.05) is 6.07 Å². The predicted octanol–water partition coefficient (Wildman–Crippen LogP) is 3.48. The van der Waals surface area contributed by atoms with Crippen LogP contribution in [0.3, 0.4) is 0 Å². The summed E-state index contributed by atoms with van der Waals surface area (Å²) in [6.07, 6.45) is 0.572. The van der Waals surface area contributed by atoms with Crippen molar-refractivity contribution in [1.29, 1.82) is 0 Å². The molecular weight excluding hydrogens is 285 g/mol. The summed E-state index contributed by atoms with van der Waals surface area (Å²) >= 11 is 11.8. The number of ether oxygens (including phenoxy) is 2. The first kappa shape index (κ1) is 14.9. The van der Waals surface area contributed by atoms with Crippen LogP contribution in [0.15, 0.2) is 18.2 Å². The van der Waals surface area contributed by atoms with Gasteiger partial charge in [0.15, 0.2) is 0 Å². The summed E-state index contributed by atoms with van der Waals surface area (Å²) < 4.78 is 11.4. The zero-order valence-corrected chi connectivity index (χ0v) is 12.7. The van der Waals surface area contributed by atoms with E-state index in [1.54, 1.807) is 12.1 Å².